The van der Waals surface area contributed by atoms with Gasteiger partial charge in [-0.2, -0.15) is 0 Å². The Morgan fingerprint density at radius 3 is 2.08 bits per heavy atom. The lowest BCUT2D eigenvalue weighted by Gasteiger charge is -2.35. The zero-order chi connectivity index (χ0) is 18.7. The van der Waals surface area contributed by atoms with E-state index >= 15 is 0 Å². The second-order valence-electron chi connectivity index (χ2n) is 7.85. The van der Waals surface area contributed by atoms with Crippen molar-refractivity contribution >= 4 is 11.9 Å². The summed E-state index contributed by atoms with van der Waals surface area (Å²) in [4.78, 5) is 28.8. The molecule has 0 spiro atoms. The van der Waals surface area contributed by atoms with E-state index in [0.29, 0.717) is 38.6 Å². The van der Waals surface area contributed by atoms with Gasteiger partial charge in [-0.15, -0.1) is 0 Å². The average Bonchev–Trinajstić information content (AvgIpc) is 3.11. The number of hydrogen-bond acceptors (Lipinski definition) is 2. The maximum absolute atomic E-state index is 12.7. The van der Waals surface area contributed by atoms with E-state index in [9.17, 15) is 9.59 Å². The standard InChI is InChI=1S/C21H31N3O2/c1-15-12-16(2)19(17(3)13-15)14-20(25)23-8-10-24(11-9-23)21(26)22-18-6-4-5-7-18/h12-13,18H,4-11,14H2,1-3H3,(H,22,26). The molecule has 0 atom stereocenters. The number of urea groups is 1. The number of benzene rings is 1. The minimum absolute atomic E-state index is 0.0363. The predicted molar refractivity (Wildman–Crippen MR) is 103 cm³/mol. The fraction of sp³-hybridized carbons (Fsp3) is 0.619. The number of piperazine rings is 1. The highest BCUT2D eigenvalue weighted by Crippen LogP contribution is 2.19. The highest BCUT2D eigenvalue weighted by molar-refractivity contribution is 5.80. The third-order valence-electron chi connectivity index (χ3n) is 5.77. The van der Waals surface area contributed by atoms with E-state index in [2.05, 4.69) is 38.2 Å². The molecule has 1 saturated heterocycles. The molecule has 26 heavy (non-hydrogen) atoms. The van der Waals surface area contributed by atoms with Gasteiger partial charge in [0.1, 0.15) is 0 Å². The van der Waals surface area contributed by atoms with Gasteiger partial charge in [0.2, 0.25) is 5.91 Å². The van der Waals surface area contributed by atoms with E-state index in [0.717, 1.165) is 18.4 Å². The highest BCUT2D eigenvalue weighted by atomic mass is 16.2. The van der Waals surface area contributed by atoms with Crippen LogP contribution in [0, 0.1) is 20.8 Å². The Bertz CT molecular complexity index is 649. The summed E-state index contributed by atoms with van der Waals surface area (Å²) in [6.45, 7) is 8.73. The molecule has 1 saturated carbocycles. The zero-order valence-corrected chi connectivity index (χ0v) is 16.3. The van der Waals surface area contributed by atoms with Crippen molar-refractivity contribution in [1.82, 2.24) is 15.1 Å². The van der Waals surface area contributed by atoms with Crippen molar-refractivity contribution in [3.8, 4) is 0 Å². The molecule has 3 rings (SSSR count). The number of hydrogen-bond donors (Lipinski definition) is 1. The van der Waals surface area contributed by atoms with Gasteiger partial charge in [0.25, 0.3) is 0 Å². The van der Waals surface area contributed by atoms with Crippen molar-refractivity contribution in [3.63, 3.8) is 0 Å². The fourth-order valence-electron chi connectivity index (χ4n) is 4.25. The molecule has 2 fully saturated rings. The van der Waals surface area contributed by atoms with Gasteiger partial charge in [-0.25, -0.2) is 4.79 Å². The van der Waals surface area contributed by atoms with E-state index in [4.69, 9.17) is 0 Å². The van der Waals surface area contributed by atoms with Crippen molar-refractivity contribution in [3.05, 3.63) is 34.4 Å². The van der Waals surface area contributed by atoms with E-state index in [-0.39, 0.29) is 11.9 Å². The molecule has 0 aromatic heterocycles. The van der Waals surface area contributed by atoms with Gasteiger partial charge in [-0.05, 0) is 50.3 Å². The van der Waals surface area contributed by atoms with Crippen molar-refractivity contribution in [2.45, 2.75) is 58.9 Å². The Morgan fingerprint density at radius 2 is 1.50 bits per heavy atom. The van der Waals surface area contributed by atoms with Gasteiger partial charge >= 0.3 is 6.03 Å². The van der Waals surface area contributed by atoms with Crippen molar-refractivity contribution in [2.75, 3.05) is 26.2 Å². The second kappa shape index (κ2) is 8.11. The molecule has 5 heteroatoms. The van der Waals surface area contributed by atoms with Gasteiger partial charge in [-0.3, -0.25) is 4.79 Å². The molecule has 1 aromatic rings. The lowest BCUT2D eigenvalue weighted by atomic mass is 9.97. The maximum Gasteiger partial charge on any atom is 0.317 e. The quantitative estimate of drug-likeness (QED) is 0.904. The SMILES string of the molecule is Cc1cc(C)c(CC(=O)N2CCN(C(=O)NC3CCCC3)CC2)c(C)c1. The van der Waals surface area contributed by atoms with Crippen LogP contribution in [-0.4, -0.2) is 54.0 Å². The molecule has 2 aliphatic rings. The number of nitrogens with zero attached hydrogens (tertiary/aromatic N) is 2. The molecule has 3 amide bonds. The lowest BCUT2D eigenvalue weighted by molar-refractivity contribution is -0.131. The predicted octanol–water partition coefficient (Wildman–Crippen LogP) is 2.95. The largest absolute Gasteiger partial charge is 0.339 e. The first-order chi connectivity index (χ1) is 12.4. The number of rotatable bonds is 3. The third-order valence-corrected chi connectivity index (χ3v) is 5.77. The van der Waals surface area contributed by atoms with Crippen LogP contribution in [0.15, 0.2) is 12.1 Å². The average molecular weight is 357 g/mol. The minimum Gasteiger partial charge on any atom is -0.339 e. The van der Waals surface area contributed by atoms with Crippen LogP contribution in [0.3, 0.4) is 0 Å². The van der Waals surface area contributed by atoms with E-state index in [1.807, 2.05) is 9.80 Å². The maximum atomic E-state index is 12.7. The minimum atomic E-state index is 0.0363. The molecule has 1 N–H and O–H groups in total. The second-order valence-corrected chi connectivity index (χ2v) is 7.85. The van der Waals surface area contributed by atoms with E-state index in [1.54, 1.807) is 0 Å². The Balaban J connectivity index is 1.51. The summed E-state index contributed by atoms with van der Waals surface area (Å²) < 4.78 is 0. The van der Waals surface area contributed by atoms with Gasteiger partial charge in [0, 0.05) is 32.2 Å². The first-order valence-corrected chi connectivity index (χ1v) is 9.84. The van der Waals surface area contributed by atoms with Gasteiger partial charge in [0.05, 0.1) is 6.42 Å². The summed E-state index contributed by atoms with van der Waals surface area (Å²) >= 11 is 0. The molecular formula is C21H31N3O2. The molecule has 0 bridgehead atoms. The highest BCUT2D eigenvalue weighted by Gasteiger charge is 2.26. The zero-order valence-electron chi connectivity index (χ0n) is 16.3. The van der Waals surface area contributed by atoms with Crippen LogP contribution >= 0.6 is 0 Å². The molecule has 1 aromatic carbocycles. The number of carbonyl (C=O) groups excluding carboxylic acids is 2. The number of aryl methyl sites for hydroxylation is 3. The summed E-state index contributed by atoms with van der Waals surface area (Å²) in [6.07, 6.45) is 5.07. The molecular weight excluding hydrogens is 326 g/mol. The Morgan fingerprint density at radius 1 is 0.962 bits per heavy atom. The first-order valence-electron chi connectivity index (χ1n) is 9.84. The summed E-state index contributed by atoms with van der Waals surface area (Å²) in [6, 6.07) is 4.66. The van der Waals surface area contributed by atoms with E-state index < -0.39 is 0 Å². The summed E-state index contributed by atoms with van der Waals surface area (Å²) in [5.41, 5.74) is 4.75. The van der Waals surface area contributed by atoms with Crippen LogP contribution in [0.5, 0.6) is 0 Å². The first kappa shape index (κ1) is 18.7. The smallest absolute Gasteiger partial charge is 0.317 e. The molecule has 0 radical (unpaired) electrons. The molecule has 1 heterocycles. The number of nitrogens with one attached hydrogen (secondary N) is 1. The van der Waals surface area contributed by atoms with Gasteiger partial charge in [-0.1, -0.05) is 30.5 Å². The molecule has 5 nitrogen and oxygen atoms in total. The van der Waals surface area contributed by atoms with Crippen LogP contribution < -0.4 is 5.32 Å². The fourth-order valence-corrected chi connectivity index (χ4v) is 4.25. The Kier molecular flexibility index (Phi) is 5.84. The van der Waals surface area contributed by atoms with Crippen LogP contribution in [0.4, 0.5) is 4.79 Å². The molecule has 1 aliphatic heterocycles. The monoisotopic (exact) mass is 357 g/mol. The molecule has 1 aliphatic carbocycles. The normalized spacial score (nSPS) is 18.3. The summed E-state index contributed by atoms with van der Waals surface area (Å²) in [7, 11) is 0. The topological polar surface area (TPSA) is 52.7 Å². The van der Waals surface area contributed by atoms with Crippen LogP contribution in [-0.2, 0) is 11.2 Å². The third kappa shape index (κ3) is 4.37. The van der Waals surface area contributed by atoms with Gasteiger partial charge < -0.3 is 15.1 Å². The summed E-state index contributed by atoms with van der Waals surface area (Å²) in [5, 5.41) is 3.14. The Labute approximate surface area is 156 Å². The molecule has 142 valence electrons. The van der Waals surface area contributed by atoms with E-state index in [1.165, 1.54) is 29.5 Å². The van der Waals surface area contributed by atoms with Crippen molar-refractivity contribution < 1.29 is 9.59 Å². The van der Waals surface area contributed by atoms with Crippen LogP contribution in [0.1, 0.15) is 47.9 Å². The lowest BCUT2D eigenvalue weighted by Crippen LogP contribution is -2.54. The van der Waals surface area contributed by atoms with Gasteiger partial charge in [0.15, 0.2) is 0 Å². The summed E-state index contributed by atoms with van der Waals surface area (Å²) in [5.74, 6) is 0.163. The van der Waals surface area contributed by atoms with Crippen molar-refractivity contribution in [1.29, 1.82) is 0 Å². The number of carbonyl (C=O) groups is 2. The number of amides is 3. The van der Waals surface area contributed by atoms with Crippen LogP contribution in [0.2, 0.25) is 0 Å². The molecule has 0 unspecified atom stereocenters. The van der Waals surface area contributed by atoms with Crippen molar-refractivity contribution in [2.24, 2.45) is 0 Å². The Hall–Kier alpha value is -2.04. The van der Waals surface area contributed by atoms with Crippen LogP contribution in [0.25, 0.3) is 0 Å².